The predicted molar refractivity (Wildman–Crippen MR) is 85.4 cm³/mol. The fraction of sp³-hybridized carbons (Fsp3) is 0.312. The summed E-state index contributed by atoms with van der Waals surface area (Å²) in [5.74, 6) is 2.37. The first-order valence-electron chi connectivity index (χ1n) is 6.91. The Labute approximate surface area is 130 Å². The zero-order chi connectivity index (χ0) is 15.1. The summed E-state index contributed by atoms with van der Waals surface area (Å²) in [7, 11) is 1.82. The van der Waals surface area contributed by atoms with Crippen molar-refractivity contribution in [2.24, 2.45) is 0 Å². The van der Waals surface area contributed by atoms with Crippen molar-refractivity contribution in [3.63, 3.8) is 0 Å². The summed E-state index contributed by atoms with van der Waals surface area (Å²) in [6.45, 7) is 3.12. The molecule has 0 aliphatic heterocycles. The van der Waals surface area contributed by atoms with Gasteiger partial charge in [-0.1, -0.05) is 18.5 Å². The minimum atomic E-state index is 0.323. The van der Waals surface area contributed by atoms with Crippen LogP contribution in [0.25, 0.3) is 0 Å². The van der Waals surface area contributed by atoms with Crippen LogP contribution < -0.4 is 14.8 Å². The first-order valence-corrected chi connectivity index (χ1v) is 7.29. The van der Waals surface area contributed by atoms with Gasteiger partial charge in [-0.3, -0.25) is 0 Å². The van der Waals surface area contributed by atoms with Crippen LogP contribution in [0.1, 0.15) is 19.0 Å². The first kappa shape index (κ1) is 15.4. The van der Waals surface area contributed by atoms with Crippen LogP contribution in [0.15, 0.2) is 36.4 Å². The molecule has 21 heavy (non-hydrogen) atoms. The molecule has 0 amide bonds. The lowest BCUT2D eigenvalue weighted by atomic mass is 10.3. The van der Waals surface area contributed by atoms with Crippen LogP contribution in [0.3, 0.4) is 0 Å². The number of hydrogen-bond acceptors (Lipinski definition) is 4. The Morgan fingerprint density at radius 2 is 1.71 bits per heavy atom. The highest BCUT2D eigenvalue weighted by Gasteiger charge is 2.05. The number of benzene rings is 1. The molecule has 0 bridgehead atoms. The molecule has 5 heteroatoms. The molecule has 1 aromatic carbocycles. The molecule has 1 aromatic heterocycles. The number of nitrogens with zero attached hydrogens (tertiary/aromatic N) is 1. The number of nitrogens with one attached hydrogen (secondary N) is 1. The Balaban J connectivity index is 1.96. The Hall–Kier alpha value is -1.94. The Kier molecular flexibility index (Phi) is 5.69. The smallest absolute Gasteiger partial charge is 0.132 e. The maximum atomic E-state index is 6.11. The molecular formula is C16H19ClN2O2. The van der Waals surface area contributed by atoms with Gasteiger partial charge >= 0.3 is 0 Å². The number of rotatable bonds is 7. The van der Waals surface area contributed by atoms with Crippen molar-refractivity contribution < 1.29 is 9.47 Å². The summed E-state index contributed by atoms with van der Waals surface area (Å²) in [6, 6.07) is 11.2. The number of hydrogen-bond donors (Lipinski definition) is 1. The number of pyridine rings is 1. The van der Waals surface area contributed by atoms with Crippen LogP contribution >= 0.6 is 11.6 Å². The third kappa shape index (κ3) is 4.53. The topological polar surface area (TPSA) is 43.4 Å². The summed E-state index contributed by atoms with van der Waals surface area (Å²) in [6.07, 6.45) is 0.990. The van der Waals surface area contributed by atoms with Crippen molar-refractivity contribution in [2.75, 3.05) is 19.0 Å². The highest BCUT2D eigenvalue weighted by molar-refractivity contribution is 6.31. The molecule has 2 aromatic rings. The summed E-state index contributed by atoms with van der Waals surface area (Å²) in [5.41, 5.74) is 0.704. The van der Waals surface area contributed by atoms with E-state index < -0.39 is 0 Å². The minimum Gasteiger partial charge on any atom is -0.494 e. The quantitative estimate of drug-likeness (QED) is 0.834. The molecule has 0 aliphatic carbocycles. The molecule has 0 atom stereocenters. The normalized spacial score (nSPS) is 10.2. The van der Waals surface area contributed by atoms with Crippen LogP contribution in [-0.4, -0.2) is 18.6 Å². The Morgan fingerprint density at radius 1 is 1.05 bits per heavy atom. The molecule has 0 unspecified atom stereocenters. The van der Waals surface area contributed by atoms with E-state index in [1.807, 2.05) is 37.4 Å². The van der Waals surface area contributed by atoms with Gasteiger partial charge in [-0.05, 0) is 42.8 Å². The van der Waals surface area contributed by atoms with E-state index in [9.17, 15) is 0 Å². The van der Waals surface area contributed by atoms with Gasteiger partial charge < -0.3 is 14.8 Å². The molecular weight excluding hydrogens is 288 g/mol. The van der Waals surface area contributed by atoms with Gasteiger partial charge in [0.15, 0.2) is 0 Å². The SMILES string of the molecule is CCCOc1ccc(OCc2nc(NC)ccc2Cl)cc1. The largest absolute Gasteiger partial charge is 0.494 e. The van der Waals surface area contributed by atoms with E-state index in [-0.39, 0.29) is 0 Å². The highest BCUT2D eigenvalue weighted by Crippen LogP contribution is 2.21. The van der Waals surface area contributed by atoms with Crippen LogP contribution in [0.2, 0.25) is 5.02 Å². The number of ether oxygens (including phenoxy) is 2. The van der Waals surface area contributed by atoms with Gasteiger partial charge in [-0.15, -0.1) is 0 Å². The van der Waals surface area contributed by atoms with Gasteiger partial charge in [0, 0.05) is 7.05 Å². The maximum absolute atomic E-state index is 6.11. The summed E-state index contributed by atoms with van der Waals surface area (Å²) in [4.78, 5) is 4.37. The molecule has 1 N–H and O–H groups in total. The standard InChI is InChI=1S/C16H19ClN2O2/c1-3-10-20-12-4-6-13(7-5-12)21-11-15-14(17)8-9-16(18-2)19-15/h4-9H,3,10-11H2,1-2H3,(H,18,19). The van der Waals surface area contributed by atoms with Crippen LogP contribution in [-0.2, 0) is 6.61 Å². The fourth-order valence-electron chi connectivity index (χ4n) is 1.73. The number of anilines is 1. The molecule has 0 saturated heterocycles. The molecule has 4 nitrogen and oxygen atoms in total. The van der Waals surface area contributed by atoms with Crippen molar-refractivity contribution in [2.45, 2.75) is 20.0 Å². The zero-order valence-corrected chi connectivity index (χ0v) is 13.0. The molecule has 0 saturated carbocycles. The second kappa shape index (κ2) is 7.74. The first-order chi connectivity index (χ1) is 10.2. The van der Waals surface area contributed by atoms with Gasteiger partial charge in [0.2, 0.25) is 0 Å². The molecule has 2 rings (SSSR count). The van der Waals surface area contributed by atoms with Gasteiger partial charge in [0.25, 0.3) is 0 Å². The predicted octanol–water partition coefficient (Wildman–Crippen LogP) is 4.14. The lowest BCUT2D eigenvalue weighted by Crippen LogP contribution is -2.02. The van der Waals surface area contributed by atoms with Gasteiger partial charge in [0.1, 0.15) is 23.9 Å². The molecule has 112 valence electrons. The Morgan fingerprint density at radius 3 is 2.33 bits per heavy atom. The summed E-state index contributed by atoms with van der Waals surface area (Å²) < 4.78 is 11.2. The van der Waals surface area contributed by atoms with E-state index >= 15 is 0 Å². The van der Waals surface area contributed by atoms with Crippen molar-refractivity contribution >= 4 is 17.4 Å². The van der Waals surface area contributed by atoms with Crippen molar-refractivity contribution in [1.82, 2.24) is 4.98 Å². The van der Waals surface area contributed by atoms with Crippen LogP contribution in [0.5, 0.6) is 11.5 Å². The molecule has 1 heterocycles. The van der Waals surface area contributed by atoms with E-state index in [0.29, 0.717) is 17.3 Å². The van der Waals surface area contributed by atoms with Crippen molar-refractivity contribution in [3.05, 3.63) is 47.1 Å². The number of aromatic nitrogens is 1. The van der Waals surface area contributed by atoms with Gasteiger partial charge in [-0.25, -0.2) is 4.98 Å². The third-order valence-electron chi connectivity index (χ3n) is 2.85. The average molecular weight is 307 g/mol. The van der Waals surface area contributed by atoms with Crippen LogP contribution in [0.4, 0.5) is 5.82 Å². The van der Waals surface area contributed by atoms with Crippen molar-refractivity contribution in [3.8, 4) is 11.5 Å². The zero-order valence-electron chi connectivity index (χ0n) is 12.2. The monoisotopic (exact) mass is 306 g/mol. The second-order valence-electron chi connectivity index (χ2n) is 4.48. The lowest BCUT2D eigenvalue weighted by molar-refractivity contribution is 0.298. The minimum absolute atomic E-state index is 0.323. The van der Waals surface area contributed by atoms with E-state index in [4.69, 9.17) is 21.1 Å². The van der Waals surface area contributed by atoms with Crippen molar-refractivity contribution in [1.29, 1.82) is 0 Å². The van der Waals surface area contributed by atoms with E-state index in [0.717, 1.165) is 30.3 Å². The highest BCUT2D eigenvalue weighted by atomic mass is 35.5. The number of halogens is 1. The molecule has 0 aliphatic rings. The van der Waals surface area contributed by atoms with Gasteiger partial charge in [0.05, 0.1) is 17.3 Å². The van der Waals surface area contributed by atoms with Gasteiger partial charge in [-0.2, -0.15) is 0 Å². The maximum Gasteiger partial charge on any atom is 0.132 e. The molecule has 0 radical (unpaired) electrons. The summed E-state index contributed by atoms with van der Waals surface area (Å²) in [5, 5.41) is 3.57. The molecule has 0 fully saturated rings. The second-order valence-corrected chi connectivity index (χ2v) is 4.89. The van der Waals surface area contributed by atoms with E-state index in [2.05, 4.69) is 17.2 Å². The van der Waals surface area contributed by atoms with Crippen LogP contribution in [0, 0.1) is 0 Å². The molecule has 0 spiro atoms. The van der Waals surface area contributed by atoms with E-state index in [1.165, 1.54) is 0 Å². The fourth-order valence-corrected chi connectivity index (χ4v) is 1.89. The third-order valence-corrected chi connectivity index (χ3v) is 3.19. The average Bonchev–Trinajstić information content (AvgIpc) is 2.53. The summed E-state index contributed by atoms with van der Waals surface area (Å²) >= 11 is 6.11. The Bertz CT molecular complexity index is 573. The van der Waals surface area contributed by atoms with E-state index in [1.54, 1.807) is 6.07 Å². The lowest BCUT2D eigenvalue weighted by Gasteiger charge is -2.10.